The van der Waals surface area contributed by atoms with Gasteiger partial charge in [-0.05, 0) is 32.9 Å². The lowest BCUT2D eigenvalue weighted by Crippen LogP contribution is -3.14. The first kappa shape index (κ1) is 20.1. The monoisotopic (exact) mass is 385 g/mol. The summed E-state index contributed by atoms with van der Waals surface area (Å²) in [5.74, 6) is 0.492. The van der Waals surface area contributed by atoms with Gasteiger partial charge in [0.15, 0.2) is 6.54 Å². The zero-order valence-electron chi connectivity index (χ0n) is 16.8. The summed E-state index contributed by atoms with van der Waals surface area (Å²) in [6, 6.07) is 9.90. The van der Waals surface area contributed by atoms with Crippen molar-refractivity contribution in [2.24, 2.45) is 5.92 Å². The Morgan fingerprint density at radius 1 is 1.21 bits per heavy atom. The fraction of sp³-hybridized carbons (Fsp3) is 0.476. The molecule has 1 aromatic heterocycles. The van der Waals surface area contributed by atoms with Crippen LogP contribution in [0.5, 0.6) is 0 Å². The average Bonchev–Trinajstić information content (AvgIpc) is 3.03. The molecule has 1 aliphatic heterocycles. The SMILES string of the molecule is CCOC(=O)C1CC[NH+](CC(=O)Nc2cc(C)nn2-c2ccc(C)cc2)CC1. The van der Waals surface area contributed by atoms with Crippen molar-refractivity contribution in [1.82, 2.24) is 9.78 Å². The predicted molar refractivity (Wildman–Crippen MR) is 107 cm³/mol. The lowest BCUT2D eigenvalue weighted by molar-refractivity contribution is -0.897. The first-order valence-corrected chi connectivity index (χ1v) is 9.90. The Kier molecular flexibility index (Phi) is 6.46. The van der Waals surface area contributed by atoms with Gasteiger partial charge in [0.05, 0.1) is 37.0 Å². The van der Waals surface area contributed by atoms with Gasteiger partial charge in [-0.3, -0.25) is 9.59 Å². The number of aromatic nitrogens is 2. The van der Waals surface area contributed by atoms with Crippen molar-refractivity contribution >= 4 is 17.7 Å². The molecule has 0 atom stereocenters. The molecule has 1 fully saturated rings. The van der Waals surface area contributed by atoms with E-state index in [1.807, 2.05) is 51.1 Å². The van der Waals surface area contributed by atoms with Crippen LogP contribution in [0.3, 0.4) is 0 Å². The second kappa shape index (κ2) is 9.01. The van der Waals surface area contributed by atoms with E-state index in [4.69, 9.17) is 4.74 Å². The molecule has 28 heavy (non-hydrogen) atoms. The first-order chi connectivity index (χ1) is 13.5. The average molecular weight is 385 g/mol. The van der Waals surface area contributed by atoms with Gasteiger partial charge in [0.2, 0.25) is 0 Å². The van der Waals surface area contributed by atoms with E-state index in [1.165, 1.54) is 10.5 Å². The molecule has 0 bridgehead atoms. The summed E-state index contributed by atoms with van der Waals surface area (Å²) >= 11 is 0. The maximum absolute atomic E-state index is 12.6. The quantitative estimate of drug-likeness (QED) is 0.735. The van der Waals surface area contributed by atoms with E-state index in [-0.39, 0.29) is 17.8 Å². The number of benzene rings is 1. The smallest absolute Gasteiger partial charge is 0.309 e. The third-order valence-electron chi connectivity index (χ3n) is 5.10. The van der Waals surface area contributed by atoms with Crippen molar-refractivity contribution in [3.8, 4) is 5.69 Å². The van der Waals surface area contributed by atoms with Gasteiger partial charge in [0.1, 0.15) is 5.82 Å². The van der Waals surface area contributed by atoms with Crippen LogP contribution in [0.15, 0.2) is 30.3 Å². The summed E-state index contributed by atoms with van der Waals surface area (Å²) in [5, 5.41) is 7.50. The lowest BCUT2D eigenvalue weighted by Gasteiger charge is -2.27. The molecule has 7 nitrogen and oxygen atoms in total. The van der Waals surface area contributed by atoms with Crippen LogP contribution in [-0.4, -0.2) is 47.9 Å². The second-order valence-corrected chi connectivity index (χ2v) is 7.42. The molecule has 1 aliphatic rings. The van der Waals surface area contributed by atoms with E-state index in [0.29, 0.717) is 19.0 Å². The van der Waals surface area contributed by atoms with E-state index >= 15 is 0 Å². The highest BCUT2D eigenvalue weighted by Crippen LogP contribution is 2.17. The Hall–Kier alpha value is -2.67. The number of aryl methyl sites for hydroxylation is 2. The van der Waals surface area contributed by atoms with Gasteiger partial charge in [-0.2, -0.15) is 5.10 Å². The van der Waals surface area contributed by atoms with E-state index in [9.17, 15) is 9.59 Å². The number of ether oxygens (including phenoxy) is 1. The van der Waals surface area contributed by atoms with Gasteiger partial charge >= 0.3 is 5.97 Å². The van der Waals surface area contributed by atoms with Crippen molar-refractivity contribution in [2.75, 3.05) is 31.6 Å². The maximum atomic E-state index is 12.6. The third kappa shape index (κ3) is 4.98. The van der Waals surface area contributed by atoms with Crippen LogP contribution < -0.4 is 10.2 Å². The highest BCUT2D eigenvalue weighted by Gasteiger charge is 2.29. The summed E-state index contributed by atoms with van der Waals surface area (Å²) in [5.41, 5.74) is 2.93. The molecule has 1 aromatic carbocycles. The Morgan fingerprint density at radius 3 is 2.54 bits per heavy atom. The second-order valence-electron chi connectivity index (χ2n) is 7.42. The van der Waals surface area contributed by atoms with Crippen LogP contribution >= 0.6 is 0 Å². The van der Waals surface area contributed by atoms with Crippen LogP contribution in [-0.2, 0) is 14.3 Å². The van der Waals surface area contributed by atoms with E-state index < -0.39 is 0 Å². The van der Waals surface area contributed by atoms with Crippen LogP contribution in [0, 0.1) is 19.8 Å². The highest BCUT2D eigenvalue weighted by atomic mass is 16.5. The van der Waals surface area contributed by atoms with Crippen molar-refractivity contribution in [2.45, 2.75) is 33.6 Å². The molecule has 0 spiro atoms. The highest BCUT2D eigenvalue weighted by molar-refractivity contribution is 5.91. The third-order valence-corrected chi connectivity index (χ3v) is 5.10. The predicted octanol–water partition coefficient (Wildman–Crippen LogP) is 1.29. The van der Waals surface area contributed by atoms with Crippen molar-refractivity contribution in [3.05, 3.63) is 41.6 Å². The van der Waals surface area contributed by atoms with Gasteiger partial charge in [-0.25, -0.2) is 4.68 Å². The number of hydrogen-bond donors (Lipinski definition) is 2. The molecule has 150 valence electrons. The number of amides is 1. The molecular formula is C21H29N4O3+. The number of quaternary nitrogens is 1. The van der Waals surface area contributed by atoms with Crippen molar-refractivity contribution < 1.29 is 19.2 Å². The molecule has 7 heteroatoms. The van der Waals surface area contributed by atoms with Crippen molar-refractivity contribution in [1.29, 1.82) is 0 Å². The Bertz CT molecular complexity index is 821. The number of anilines is 1. The number of rotatable bonds is 6. The van der Waals surface area contributed by atoms with Gasteiger partial charge in [0, 0.05) is 18.9 Å². The fourth-order valence-corrected chi connectivity index (χ4v) is 3.58. The molecule has 0 saturated carbocycles. The van der Waals surface area contributed by atoms with Gasteiger partial charge < -0.3 is 15.0 Å². The minimum Gasteiger partial charge on any atom is -0.466 e. The topological polar surface area (TPSA) is 77.7 Å². The number of piperidine rings is 1. The van der Waals surface area contributed by atoms with E-state index in [0.717, 1.165) is 37.3 Å². The summed E-state index contributed by atoms with van der Waals surface area (Å²) in [6.07, 6.45) is 1.53. The minimum atomic E-state index is -0.108. The Morgan fingerprint density at radius 2 is 1.89 bits per heavy atom. The van der Waals surface area contributed by atoms with Gasteiger partial charge in [0.25, 0.3) is 5.91 Å². The van der Waals surface area contributed by atoms with Crippen molar-refractivity contribution in [3.63, 3.8) is 0 Å². The summed E-state index contributed by atoms with van der Waals surface area (Å²) in [4.78, 5) is 25.6. The summed E-state index contributed by atoms with van der Waals surface area (Å²) in [7, 11) is 0. The fourth-order valence-electron chi connectivity index (χ4n) is 3.58. The first-order valence-electron chi connectivity index (χ1n) is 9.90. The number of nitrogens with zero attached hydrogens (tertiary/aromatic N) is 2. The van der Waals surface area contributed by atoms with Crippen LogP contribution in [0.2, 0.25) is 0 Å². The standard InChI is InChI=1S/C21H28N4O3/c1-4-28-21(27)17-9-11-24(12-10-17)14-20(26)22-19-13-16(3)23-25(19)18-7-5-15(2)6-8-18/h5-8,13,17H,4,9-12,14H2,1-3H3,(H,22,26)/p+1. The zero-order valence-corrected chi connectivity index (χ0v) is 16.8. The number of carbonyl (C=O) groups excluding carboxylic acids is 2. The minimum absolute atomic E-state index is 0.0302. The van der Waals surface area contributed by atoms with Gasteiger partial charge in [-0.15, -0.1) is 0 Å². The summed E-state index contributed by atoms with van der Waals surface area (Å²) in [6.45, 7) is 8.17. The number of carbonyl (C=O) groups is 2. The number of esters is 1. The Labute approximate surface area is 165 Å². The molecule has 0 unspecified atom stereocenters. The summed E-state index contributed by atoms with van der Waals surface area (Å²) < 4.78 is 6.86. The van der Waals surface area contributed by atoms with Crippen LogP contribution in [0.1, 0.15) is 31.0 Å². The molecule has 2 heterocycles. The molecule has 1 amide bonds. The largest absolute Gasteiger partial charge is 0.466 e. The molecule has 1 saturated heterocycles. The lowest BCUT2D eigenvalue weighted by atomic mass is 9.97. The Balaban J connectivity index is 1.57. The van der Waals surface area contributed by atoms with E-state index in [1.54, 1.807) is 4.68 Å². The number of hydrogen-bond acceptors (Lipinski definition) is 4. The molecular weight excluding hydrogens is 356 g/mol. The number of likely N-dealkylation sites (tertiary alicyclic amines) is 1. The molecule has 2 N–H and O–H groups in total. The molecule has 3 rings (SSSR count). The van der Waals surface area contributed by atoms with Crippen LogP contribution in [0.25, 0.3) is 5.69 Å². The molecule has 2 aromatic rings. The number of nitrogens with one attached hydrogen (secondary N) is 2. The zero-order chi connectivity index (χ0) is 20.1. The van der Waals surface area contributed by atoms with E-state index in [2.05, 4.69) is 10.4 Å². The molecule has 0 aliphatic carbocycles. The molecule has 0 radical (unpaired) electrons. The maximum Gasteiger partial charge on any atom is 0.309 e. The normalized spacial score (nSPS) is 19.2. The van der Waals surface area contributed by atoms with Crippen LogP contribution in [0.4, 0.5) is 5.82 Å². The van der Waals surface area contributed by atoms with Gasteiger partial charge in [-0.1, -0.05) is 17.7 Å².